The molecule has 3 rings (SSSR count). The van der Waals surface area contributed by atoms with Crippen LogP contribution in [0.15, 0.2) is 22.7 Å². The van der Waals surface area contributed by atoms with E-state index in [1.54, 1.807) is 6.07 Å². The summed E-state index contributed by atoms with van der Waals surface area (Å²) in [5.74, 6) is 2.01. The van der Waals surface area contributed by atoms with E-state index in [-0.39, 0.29) is 0 Å². The summed E-state index contributed by atoms with van der Waals surface area (Å²) < 4.78 is 5.32. The van der Waals surface area contributed by atoms with Gasteiger partial charge >= 0.3 is 0 Å². The van der Waals surface area contributed by atoms with E-state index in [4.69, 9.17) is 27.7 Å². The number of nitrogens with zero attached hydrogens (tertiary/aromatic N) is 2. The van der Waals surface area contributed by atoms with Crippen LogP contribution in [0.25, 0.3) is 0 Å². The molecule has 1 unspecified atom stereocenters. The quantitative estimate of drug-likeness (QED) is 0.934. The number of hydrogen-bond donors (Lipinski definition) is 1. The number of piperidine rings is 1. The predicted molar refractivity (Wildman–Crippen MR) is 82.9 cm³/mol. The van der Waals surface area contributed by atoms with Crippen LogP contribution in [-0.4, -0.2) is 23.2 Å². The second-order valence-electron chi connectivity index (χ2n) is 5.45. The van der Waals surface area contributed by atoms with Gasteiger partial charge in [-0.15, -0.1) is 0 Å². The first-order valence-corrected chi connectivity index (χ1v) is 7.92. The highest BCUT2D eigenvalue weighted by Gasteiger charge is 2.17. The molecule has 1 N–H and O–H groups in total. The Kier molecular flexibility index (Phi) is 4.78. The zero-order valence-corrected chi connectivity index (χ0v) is 13.1. The Labute approximate surface area is 133 Å². The summed E-state index contributed by atoms with van der Waals surface area (Å²) in [6, 6.07) is 5.53. The molecule has 112 valence electrons. The Morgan fingerprint density at radius 3 is 2.95 bits per heavy atom. The van der Waals surface area contributed by atoms with Crippen LogP contribution >= 0.6 is 23.2 Å². The molecule has 0 bridgehead atoms. The van der Waals surface area contributed by atoms with Crippen molar-refractivity contribution < 1.29 is 4.52 Å². The highest BCUT2D eigenvalue weighted by molar-refractivity contribution is 6.42. The van der Waals surface area contributed by atoms with Gasteiger partial charge in [-0.2, -0.15) is 4.98 Å². The molecule has 0 aliphatic carbocycles. The lowest BCUT2D eigenvalue weighted by atomic mass is 9.96. The second-order valence-corrected chi connectivity index (χ2v) is 6.26. The van der Waals surface area contributed by atoms with Gasteiger partial charge in [0, 0.05) is 6.42 Å². The lowest BCUT2D eigenvalue weighted by Gasteiger charge is -2.20. The number of nitrogens with one attached hydrogen (secondary N) is 1. The Balaban J connectivity index is 1.62. The molecule has 1 saturated heterocycles. The minimum atomic E-state index is 0.544. The van der Waals surface area contributed by atoms with Gasteiger partial charge in [0.05, 0.1) is 16.5 Å². The third kappa shape index (κ3) is 3.96. The van der Waals surface area contributed by atoms with Crippen LogP contribution in [0.3, 0.4) is 0 Å². The van der Waals surface area contributed by atoms with Gasteiger partial charge in [-0.25, -0.2) is 0 Å². The lowest BCUT2D eigenvalue weighted by molar-refractivity contribution is 0.351. The predicted octanol–water partition coefficient (Wildman–Crippen LogP) is 3.51. The van der Waals surface area contributed by atoms with E-state index in [0.717, 1.165) is 30.9 Å². The number of hydrogen-bond acceptors (Lipinski definition) is 4. The smallest absolute Gasteiger partial charge is 0.231 e. The number of aromatic nitrogens is 2. The molecular formula is C15H17Cl2N3O. The first-order chi connectivity index (χ1) is 10.2. The maximum Gasteiger partial charge on any atom is 0.231 e. The van der Waals surface area contributed by atoms with Gasteiger partial charge < -0.3 is 9.84 Å². The fraction of sp³-hybridized carbons (Fsp3) is 0.467. The van der Waals surface area contributed by atoms with Gasteiger partial charge in [-0.1, -0.05) is 34.4 Å². The van der Waals surface area contributed by atoms with E-state index < -0.39 is 0 Å². The third-order valence-electron chi connectivity index (χ3n) is 3.72. The van der Waals surface area contributed by atoms with Gasteiger partial charge in [0.25, 0.3) is 0 Å². The van der Waals surface area contributed by atoms with Gasteiger partial charge in [-0.3, -0.25) is 0 Å². The number of benzene rings is 1. The Morgan fingerprint density at radius 2 is 2.19 bits per heavy atom. The molecule has 0 saturated carbocycles. The zero-order chi connectivity index (χ0) is 14.7. The summed E-state index contributed by atoms with van der Waals surface area (Å²) in [4.78, 5) is 4.47. The molecule has 6 heteroatoms. The minimum Gasteiger partial charge on any atom is -0.339 e. The molecule has 0 spiro atoms. The maximum atomic E-state index is 6.01. The summed E-state index contributed by atoms with van der Waals surface area (Å²) >= 11 is 11.9. The third-order valence-corrected chi connectivity index (χ3v) is 4.46. The van der Waals surface area contributed by atoms with E-state index in [0.29, 0.717) is 28.3 Å². The average molecular weight is 326 g/mol. The molecule has 1 aliphatic rings. The summed E-state index contributed by atoms with van der Waals surface area (Å²) in [6.07, 6.45) is 3.90. The minimum absolute atomic E-state index is 0.544. The standard InChI is InChI=1S/C15H17Cl2N3O/c16-12-4-3-10(6-13(12)17)8-15-19-14(20-21-15)7-11-2-1-5-18-9-11/h3-4,6,11,18H,1-2,5,7-9H2. The van der Waals surface area contributed by atoms with Crippen molar-refractivity contribution in [2.75, 3.05) is 13.1 Å². The van der Waals surface area contributed by atoms with Crippen LogP contribution < -0.4 is 5.32 Å². The molecule has 0 amide bonds. The number of halogens is 2. The summed E-state index contributed by atoms with van der Waals surface area (Å²) in [7, 11) is 0. The number of rotatable bonds is 4. The van der Waals surface area contributed by atoms with E-state index in [9.17, 15) is 0 Å². The average Bonchev–Trinajstić information content (AvgIpc) is 2.91. The second kappa shape index (κ2) is 6.77. The van der Waals surface area contributed by atoms with Crippen molar-refractivity contribution in [3.63, 3.8) is 0 Å². The fourth-order valence-electron chi connectivity index (χ4n) is 2.63. The topological polar surface area (TPSA) is 51.0 Å². The fourth-order valence-corrected chi connectivity index (χ4v) is 2.95. The molecule has 2 heterocycles. The van der Waals surface area contributed by atoms with Crippen LogP contribution in [0.5, 0.6) is 0 Å². The molecule has 2 aromatic rings. The van der Waals surface area contributed by atoms with Crippen LogP contribution in [0.4, 0.5) is 0 Å². The first-order valence-electron chi connectivity index (χ1n) is 7.17. The normalized spacial score (nSPS) is 18.9. The van der Waals surface area contributed by atoms with Crippen molar-refractivity contribution in [1.29, 1.82) is 0 Å². The van der Waals surface area contributed by atoms with Crippen molar-refractivity contribution in [2.45, 2.75) is 25.7 Å². The monoisotopic (exact) mass is 325 g/mol. The van der Waals surface area contributed by atoms with Crippen LogP contribution in [0, 0.1) is 5.92 Å². The van der Waals surface area contributed by atoms with Gasteiger partial charge in [0.2, 0.25) is 5.89 Å². The molecule has 1 fully saturated rings. The Hall–Kier alpha value is -1.10. The van der Waals surface area contributed by atoms with Crippen molar-refractivity contribution in [3.05, 3.63) is 45.5 Å². The van der Waals surface area contributed by atoms with E-state index in [1.807, 2.05) is 12.1 Å². The van der Waals surface area contributed by atoms with Crippen molar-refractivity contribution in [3.8, 4) is 0 Å². The molecule has 0 radical (unpaired) electrons. The molecule has 21 heavy (non-hydrogen) atoms. The largest absolute Gasteiger partial charge is 0.339 e. The van der Waals surface area contributed by atoms with Gasteiger partial charge in [0.15, 0.2) is 5.82 Å². The molecule has 1 aliphatic heterocycles. The highest BCUT2D eigenvalue weighted by atomic mass is 35.5. The van der Waals surface area contributed by atoms with Crippen LogP contribution in [0.2, 0.25) is 10.0 Å². The maximum absolute atomic E-state index is 6.01. The Morgan fingerprint density at radius 1 is 1.29 bits per heavy atom. The van der Waals surface area contributed by atoms with Crippen molar-refractivity contribution in [1.82, 2.24) is 15.5 Å². The summed E-state index contributed by atoms with van der Waals surface area (Å²) in [6.45, 7) is 2.15. The van der Waals surface area contributed by atoms with Crippen LogP contribution in [-0.2, 0) is 12.8 Å². The van der Waals surface area contributed by atoms with E-state index >= 15 is 0 Å². The molecule has 4 nitrogen and oxygen atoms in total. The highest BCUT2D eigenvalue weighted by Crippen LogP contribution is 2.23. The molecule has 1 aromatic heterocycles. The summed E-state index contributed by atoms with van der Waals surface area (Å²) in [5.41, 5.74) is 1.01. The molecule has 1 aromatic carbocycles. The van der Waals surface area contributed by atoms with E-state index in [2.05, 4.69) is 15.5 Å². The molecular weight excluding hydrogens is 309 g/mol. The van der Waals surface area contributed by atoms with E-state index in [1.165, 1.54) is 12.8 Å². The SMILES string of the molecule is Clc1ccc(Cc2nc(CC3CCCNC3)no2)cc1Cl. The lowest BCUT2D eigenvalue weighted by Crippen LogP contribution is -2.31. The molecule has 1 atom stereocenters. The van der Waals surface area contributed by atoms with Crippen molar-refractivity contribution in [2.24, 2.45) is 5.92 Å². The van der Waals surface area contributed by atoms with Gasteiger partial charge in [-0.05, 0) is 49.5 Å². The summed E-state index contributed by atoms with van der Waals surface area (Å²) in [5, 5.41) is 8.57. The Bertz CT molecular complexity index is 609. The first kappa shape index (κ1) is 14.8. The zero-order valence-electron chi connectivity index (χ0n) is 11.6. The van der Waals surface area contributed by atoms with Crippen molar-refractivity contribution >= 4 is 23.2 Å². The van der Waals surface area contributed by atoms with Gasteiger partial charge in [0.1, 0.15) is 0 Å². The van der Waals surface area contributed by atoms with Crippen LogP contribution in [0.1, 0.15) is 30.1 Å².